The summed E-state index contributed by atoms with van der Waals surface area (Å²) >= 11 is 0. The van der Waals surface area contributed by atoms with Crippen molar-refractivity contribution in [3.05, 3.63) is 35.9 Å². The maximum absolute atomic E-state index is 12.3. The smallest absolute Gasteiger partial charge is 0.258 e. The Morgan fingerprint density at radius 1 is 1.48 bits per heavy atom. The molecule has 0 fully saturated rings. The van der Waals surface area contributed by atoms with Crippen molar-refractivity contribution < 1.29 is 12.8 Å². The Morgan fingerprint density at radius 3 is 2.95 bits per heavy atom. The van der Waals surface area contributed by atoms with Crippen LogP contribution in [0.1, 0.15) is 24.7 Å². The molecule has 0 saturated heterocycles. The topological polar surface area (TPSA) is 100 Å². The molecule has 2 aromatic heterocycles. The predicted octanol–water partition coefficient (Wildman–Crippen LogP) is 1.02. The first kappa shape index (κ1) is 15.7. The molecule has 116 valence electrons. The Balaban J connectivity index is 1.98. The molecule has 0 radical (unpaired) electrons. The molecule has 1 unspecified atom stereocenters. The lowest BCUT2D eigenvalue weighted by Gasteiger charge is -2.13. The van der Waals surface area contributed by atoms with Crippen molar-refractivity contribution >= 4 is 10.0 Å². The fourth-order valence-corrected chi connectivity index (χ4v) is 3.45. The van der Waals surface area contributed by atoms with Crippen LogP contribution < -0.4 is 10.0 Å². The SMILES string of the molecule is CNCc1cn[nH]c1S(=O)(=O)NC(C)CCc1ccco1. The Kier molecular flexibility index (Phi) is 5.16. The van der Waals surface area contributed by atoms with E-state index < -0.39 is 10.0 Å². The number of sulfonamides is 1. The number of nitrogens with one attached hydrogen (secondary N) is 3. The predicted molar refractivity (Wildman–Crippen MR) is 78.2 cm³/mol. The maximum Gasteiger partial charge on any atom is 0.258 e. The van der Waals surface area contributed by atoms with E-state index in [0.717, 1.165) is 5.76 Å². The fraction of sp³-hybridized carbons (Fsp3) is 0.462. The zero-order valence-corrected chi connectivity index (χ0v) is 12.9. The van der Waals surface area contributed by atoms with E-state index in [1.165, 1.54) is 6.20 Å². The molecule has 0 aliphatic heterocycles. The third-order valence-electron chi connectivity index (χ3n) is 3.07. The van der Waals surface area contributed by atoms with Crippen molar-refractivity contribution in [1.29, 1.82) is 0 Å². The maximum atomic E-state index is 12.3. The fourth-order valence-electron chi connectivity index (χ4n) is 2.04. The summed E-state index contributed by atoms with van der Waals surface area (Å²) in [5.74, 6) is 0.846. The molecule has 8 heteroatoms. The molecule has 2 rings (SSSR count). The van der Waals surface area contributed by atoms with Crippen LogP contribution in [-0.4, -0.2) is 31.7 Å². The summed E-state index contributed by atoms with van der Waals surface area (Å²) in [6.45, 7) is 2.27. The summed E-state index contributed by atoms with van der Waals surface area (Å²) in [6, 6.07) is 3.49. The van der Waals surface area contributed by atoms with Crippen molar-refractivity contribution in [3.8, 4) is 0 Å². The van der Waals surface area contributed by atoms with E-state index in [1.807, 2.05) is 19.1 Å². The van der Waals surface area contributed by atoms with Gasteiger partial charge < -0.3 is 9.73 Å². The van der Waals surface area contributed by atoms with Gasteiger partial charge in [-0.15, -0.1) is 0 Å². The first-order valence-corrected chi connectivity index (χ1v) is 8.23. The molecule has 3 N–H and O–H groups in total. The molecule has 21 heavy (non-hydrogen) atoms. The van der Waals surface area contributed by atoms with Crippen LogP contribution in [0.25, 0.3) is 0 Å². The molecule has 7 nitrogen and oxygen atoms in total. The summed E-state index contributed by atoms with van der Waals surface area (Å²) in [5, 5.41) is 9.38. The van der Waals surface area contributed by atoms with Gasteiger partial charge in [0.15, 0.2) is 5.03 Å². The zero-order chi connectivity index (χ0) is 15.3. The quantitative estimate of drug-likeness (QED) is 0.676. The van der Waals surface area contributed by atoms with Gasteiger partial charge in [-0.25, -0.2) is 13.1 Å². The molecule has 0 bridgehead atoms. The minimum Gasteiger partial charge on any atom is -0.469 e. The normalized spacial score (nSPS) is 13.4. The summed E-state index contributed by atoms with van der Waals surface area (Å²) in [6.07, 6.45) is 4.46. The molecule has 0 spiro atoms. The number of nitrogens with zero attached hydrogens (tertiary/aromatic N) is 1. The number of aromatic amines is 1. The van der Waals surface area contributed by atoms with Crippen molar-refractivity contribution in [1.82, 2.24) is 20.2 Å². The molecule has 0 amide bonds. The van der Waals surface area contributed by atoms with E-state index in [9.17, 15) is 8.42 Å². The van der Waals surface area contributed by atoms with Crippen LogP contribution in [0.5, 0.6) is 0 Å². The van der Waals surface area contributed by atoms with Crippen LogP contribution in [0.4, 0.5) is 0 Å². The average Bonchev–Trinajstić information content (AvgIpc) is 3.07. The number of rotatable bonds is 8. The van der Waals surface area contributed by atoms with Gasteiger partial charge >= 0.3 is 0 Å². The van der Waals surface area contributed by atoms with E-state index in [2.05, 4.69) is 20.2 Å². The second-order valence-corrected chi connectivity index (χ2v) is 6.55. The lowest BCUT2D eigenvalue weighted by atomic mass is 10.2. The minimum atomic E-state index is -3.60. The molecule has 0 aliphatic rings. The first-order chi connectivity index (χ1) is 10.0. The highest BCUT2D eigenvalue weighted by molar-refractivity contribution is 7.89. The molecular formula is C13H20N4O3S. The largest absolute Gasteiger partial charge is 0.469 e. The van der Waals surface area contributed by atoms with Crippen LogP contribution in [0, 0.1) is 0 Å². The van der Waals surface area contributed by atoms with Crippen LogP contribution in [0.15, 0.2) is 34.0 Å². The van der Waals surface area contributed by atoms with Gasteiger partial charge in [-0.3, -0.25) is 5.10 Å². The lowest BCUT2D eigenvalue weighted by Crippen LogP contribution is -2.34. The number of furan rings is 1. The first-order valence-electron chi connectivity index (χ1n) is 6.74. The Bertz CT molecular complexity index is 649. The van der Waals surface area contributed by atoms with Crippen LogP contribution in [0.3, 0.4) is 0 Å². The second kappa shape index (κ2) is 6.88. The van der Waals surface area contributed by atoms with Gasteiger partial charge in [0.2, 0.25) is 0 Å². The number of aryl methyl sites for hydroxylation is 1. The molecule has 0 saturated carbocycles. The highest BCUT2D eigenvalue weighted by atomic mass is 32.2. The monoisotopic (exact) mass is 312 g/mol. The molecule has 2 aromatic rings. The van der Waals surface area contributed by atoms with Gasteiger partial charge in [-0.1, -0.05) is 0 Å². The minimum absolute atomic E-state index is 0.113. The van der Waals surface area contributed by atoms with Crippen molar-refractivity contribution in [2.24, 2.45) is 0 Å². The average molecular weight is 312 g/mol. The van der Waals surface area contributed by atoms with Gasteiger partial charge in [0.25, 0.3) is 10.0 Å². The molecular weight excluding hydrogens is 292 g/mol. The summed E-state index contributed by atoms with van der Waals surface area (Å²) < 4.78 is 32.5. The van der Waals surface area contributed by atoms with Crippen LogP contribution >= 0.6 is 0 Å². The van der Waals surface area contributed by atoms with Crippen LogP contribution in [0.2, 0.25) is 0 Å². The Labute approximate surface area is 124 Å². The number of H-pyrrole nitrogens is 1. The zero-order valence-electron chi connectivity index (χ0n) is 12.1. The highest BCUT2D eigenvalue weighted by Gasteiger charge is 2.22. The third kappa shape index (κ3) is 4.16. The van der Waals surface area contributed by atoms with E-state index in [4.69, 9.17) is 4.42 Å². The Hall–Kier alpha value is -1.64. The van der Waals surface area contributed by atoms with Crippen LogP contribution in [-0.2, 0) is 23.0 Å². The second-order valence-electron chi connectivity index (χ2n) is 4.90. The summed E-state index contributed by atoms with van der Waals surface area (Å²) in [5.41, 5.74) is 0.614. The van der Waals surface area contributed by atoms with E-state index in [1.54, 1.807) is 13.3 Å². The molecule has 0 aliphatic carbocycles. The highest BCUT2D eigenvalue weighted by Crippen LogP contribution is 2.13. The van der Waals surface area contributed by atoms with Gasteiger partial charge in [-0.05, 0) is 32.5 Å². The van der Waals surface area contributed by atoms with Gasteiger partial charge in [-0.2, -0.15) is 5.10 Å². The van der Waals surface area contributed by atoms with E-state index >= 15 is 0 Å². The van der Waals surface area contributed by atoms with Crippen molar-refractivity contribution in [2.75, 3.05) is 7.05 Å². The van der Waals surface area contributed by atoms with Gasteiger partial charge in [0.1, 0.15) is 5.76 Å². The third-order valence-corrected chi connectivity index (χ3v) is 4.68. The summed E-state index contributed by atoms with van der Waals surface area (Å²) in [4.78, 5) is 0. The van der Waals surface area contributed by atoms with Gasteiger partial charge in [0.05, 0.1) is 12.5 Å². The number of aromatic nitrogens is 2. The molecule has 1 atom stereocenters. The lowest BCUT2D eigenvalue weighted by molar-refractivity contribution is 0.479. The van der Waals surface area contributed by atoms with Crippen molar-refractivity contribution in [3.63, 3.8) is 0 Å². The molecule has 2 heterocycles. The standard InChI is InChI=1S/C13H20N4O3S/c1-10(5-6-12-4-3-7-20-12)17-21(18,19)13-11(8-14-2)9-15-16-13/h3-4,7,9-10,14,17H,5-6,8H2,1-2H3,(H,15,16). The number of hydrogen-bond donors (Lipinski definition) is 3. The summed E-state index contributed by atoms with van der Waals surface area (Å²) in [7, 11) is -1.85. The van der Waals surface area contributed by atoms with E-state index in [0.29, 0.717) is 24.9 Å². The van der Waals surface area contributed by atoms with Gasteiger partial charge in [0, 0.05) is 24.6 Å². The van der Waals surface area contributed by atoms with Crippen molar-refractivity contribution in [2.45, 2.75) is 37.4 Å². The van der Waals surface area contributed by atoms with E-state index in [-0.39, 0.29) is 11.1 Å². The Morgan fingerprint density at radius 2 is 2.29 bits per heavy atom. The molecule has 0 aromatic carbocycles. The number of hydrogen-bond acceptors (Lipinski definition) is 5.